The van der Waals surface area contributed by atoms with Crippen LogP contribution in [0.15, 0.2) is 215 Å². The lowest BCUT2D eigenvalue weighted by molar-refractivity contribution is 0.645. The molecule has 58 heavy (non-hydrogen) atoms. The van der Waals surface area contributed by atoms with Gasteiger partial charge in [-0.3, -0.25) is 4.57 Å². The Bertz CT molecular complexity index is 3490. The molecule has 0 aliphatic carbocycles. The SMILES string of the molecule is c1ccc(-n2c3ccccc3c3c4cc(-c5ccc(N(c6ccc(-c7cccc8ccccc78)cc6)c6ccc7c(c6)oc6ccccc67)cc5)ccc4oc32)cc1. The molecule has 0 fully saturated rings. The van der Waals surface area contributed by atoms with E-state index in [-0.39, 0.29) is 0 Å². The summed E-state index contributed by atoms with van der Waals surface area (Å²) in [6.45, 7) is 0. The van der Waals surface area contributed by atoms with Crippen LogP contribution < -0.4 is 4.90 Å². The van der Waals surface area contributed by atoms with Gasteiger partial charge in [-0.1, -0.05) is 127 Å². The van der Waals surface area contributed by atoms with Crippen LogP contribution in [0, 0.1) is 0 Å². The maximum absolute atomic E-state index is 6.62. The van der Waals surface area contributed by atoms with Gasteiger partial charge in [0.2, 0.25) is 5.71 Å². The lowest BCUT2D eigenvalue weighted by atomic mass is 9.98. The third kappa shape index (κ3) is 5.09. The van der Waals surface area contributed by atoms with Crippen LogP contribution >= 0.6 is 0 Å². The molecule has 0 saturated carbocycles. The summed E-state index contributed by atoms with van der Waals surface area (Å²) < 4.78 is 15.2. The van der Waals surface area contributed by atoms with Crippen molar-refractivity contribution < 1.29 is 8.83 Å². The van der Waals surface area contributed by atoms with Crippen LogP contribution in [0.3, 0.4) is 0 Å². The molecule has 9 aromatic carbocycles. The molecule has 12 aromatic rings. The summed E-state index contributed by atoms with van der Waals surface area (Å²) in [5.41, 5.74) is 13.5. The van der Waals surface area contributed by atoms with Crippen molar-refractivity contribution in [2.24, 2.45) is 0 Å². The summed E-state index contributed by atoms with van der Waals surface area (Å²) in [4.78, 5) is 2.31. The lowest BCUT2D eigenvalue weighted by Gasteiger charge is -2.26. The van der Waals surface area contributed by atoms with Gasteiger partial charge in [0.25, 0.3) is 0 Å². The van der Waals surface area contributed by atoms with Gasteiger partial charge in [-0.2, -0.15) is 0 Å². The molecule has 4 heteroatoms. The Morgan fingerprint density at radius 2 is 0.983 bits per heavy atom. The first kappa shape index (κ1) is 32.4. The van der Waals surface area contributed by atoms with Gasteiger partial charge in [0.15, 0.2) is 0 Å². The molecule has 0 aliphatic rings. The van der Waals surface area contributed by atoms with Crippen molar-refractivity contribution in [3.05, 3.63) is 206 Å². The van der Waals surface area contributed by atoms with E-state index in [9.17, 15) is 0 Å². The molecule has 4 nitrogen and oxygen atoms in total. The quantitative estimate of drug-likeness (QED) is 0.170. The van der Waals surface area contributed by atoms with Gasteiger partial charge in [0.1, 0.15) is 16.7 Å². The highest BCUT2D eigenvalue weighted by Gasteiger charge is 2.20. The van der Waals surface area contributed by atoms with Crippen molar-refractivity contribution in [3.63, 3.8) is 0 Å². The minimum atomic E-state index is 0.860. The number of furan rings is 2. The molecule has 0 N–H and O–H groups in total. The van der Waals surface area contributed by atoms with Gasteiger partial charge in [0, 0.05) is 50.4 Å². The minimum absolute atomic E-state index is 0.860. The van der Waals surface area contributed by atoms with Crippen molar-refractivity contribution in [1.82, 2.24) is 4.57 Å². The number of fused-ring (bicyclic) bond motifs is 9. The van der Waals surface area contributed by atoms with E-state index < -0.39 is 0 Å². The fourth-order valence-electron chi connectivity index (χ4n) is 8.88. The van der Waals surface area contributed by atoms with E-state index in [1.165, 1.54) is 27.3 Å². The predicted octanol–water partition coefficient (Wildman–Crippen LogP) is 15.4. The molecule has 0 radical (unpaired) electrons. The Morgan fingerprint density at radius 3 is 1.81 bits per heavy atom. The zero-order valence-corrected chi connectivity index (χ0v) is 31.3. The zero-order chi connectivity index (χ0) is 38.2. The molecular formula is C54H34N2O2. The third-order valence-electron chi connectivity index (χ3n) is 11.6. The van der Waals surface area contributed by atoms with Crippen molar-refractivity contribution in [2.75, 3.05) is 4.90 Å². The molecule has 12 rings (SSSR count). The van der Waals surface area contributed by atoms with Gasteiger partial charge in [0.05, 0.1) is 10.9 Å². The first-order valence-corrected chi connectivity index (χ1v) is 19.7. The van der Waals surface area contributed by atoms with Crippen LogP contribution in [-0.2, 0) is 0 Å². The van der Waals surface area contributed by atoms with Crippen molar-refractivity contribution >= 4 is 82.7 Å². The summed E-state index contributed by atoms with van der Waals surface area (Å²) in [7, 11) is 0. The van der Waals surface area contributed by atoms with Crippen molar-refractivity contribution in [1.29, 1.82) is 0 Å². The van der Waals surface area contributed by atoms with E-state index in [4.69, 9.17) is 8.83 Å². The first-order valence-electron chi connectivity index (χ1n) is 19.7. The summed E-state index contributed by atoms with van der Waals surface area (Å²) in [5, 5.41) is 8.13. The molecule has 3 heterocycles. The number of anilines is 3. The van der Waals surface area contributed by atoms with Crippen LogP contribution in [0.25, 0.3) is 93.6 Å². The van der Waals surface area contributed by atoms with Crippen molar-refractivity contribution in [3.8, 4) is 27.9 Å². The molecule has 0 saturated heterocycles. The Balaban J connectivity index is 0.965. The smallest absolute Gasteiger partial charge is 0.213 e. The Morgan fingerprint density at radius 1 is 0.362 bits per heavy atom. The second kappa shape index (κ2) is 12.9. The third-order valence-corrected chi connectivity index (χ3v) is 11.6. The molecule has 0 unspecified atom stereocenters. The van der Waals surface area contributed by atoms with Crippen LogP contribution in [0.2, 0.25) is 0 Å². The number of benzene rings is 9. The maximum Gasteiger partial charge on any atom is 0.213 e. The van der Waals surface area contributed by atoms with Crippen LogP contribution in [0.4, 0.5) is 17.1 Å². The zero-order valence-electron chi connectivity index (χ0n) is 31.3. The molecule has 0 atom stereocenters. The van der Waals surface area contributed by atoms with E-state index in [0.29, 0.717) is 0 Å². The highest BCUT2D eigenvalue weighted by molar-refractivity contribution is 6.20. The van der Waals surface area contributed by atoms with Crippen LogP contribution in [-0.4, -0.2) is 4.57 Å². The van der Waals surface area contributed by atoms with Crippen LogP contribution in [0.5, 0.6) is 0 Å². The largest absolute Gasteiger partial charge is 0.456 e. The van der Waals surface area contributed by atoms with E-state index in [1.54, 1.807) is 0 Å². The lowest BCUT2D eigenvalue weighted by Crippen LogP contribution is -2.09. The summed E-state index contributed by atoms with van der Waals surface area (Å²) in [6, 6.07) is 73.2. The van der Waals surface area contributed by atoms with Crippen molar-refractivity contribution in [2.45, 2.75) is 0 Å². The topological polar surface area (TPSA) is 34.5 Å². The summed E-state index contributed by atoms with van der Waals surface area (Å²) in [6.07, 6.45) is 0. The molecule has 0 aliphatic heterocycles. The standard InChI is InChI=1S/C54H34N2O2/c1-2-13-39(14-3-1)56-49-19-8-6-17-47(49)53-48-33-38(25-32-51(48)58-54(53)56)35-21-26-40(27-22-35)55(42-30-31-46-45-16-7-9-20-50(45)57-52(46)34-42)41-28-23-37(24-29-41)44-18-10-12-36-11-4-5-15-43(36)44/h1-34H. The predicted molar refractivity (Wildman–Crippen MR) is 241 cm³/mol. The Kier molecular flexibility index (Phi) is 7.20. The number of hydrogen-bond acceptors (Lipinski definition) is 3. The monoisotopic (exact) mass is 742 g/mol. The summed E-state index contributed by atoms with van der Waals surface area (Å²) >= 11 is 0. The number of aromatic nitrogens is 1. The number of rotatable bonds is 6. The maximum atomic E-state index is 6.62. The molecule has 3 aromatic heterocycles. The van der Waals surface area contributed by atoms with E-state index in [2.05, 4.69) is 198 Å². The van der Waals surface area contributed by atoms with Gasteiger partial charge in [-0.15, -0.1) is 0 Å². The van der Waals surface area contributed by atoms with Gasteiger partial charge in [-0.25, -0.2) is 0 Å². The average molecular weight is 743 g/mol. The highest BCUT2D eigenvalue weighted by atomic mass is 16.3. The van der Waals surface area contributed by atoms with Crippen LogP contribution in [0.1, 0.15) is 0 Å². The van der Waals surface area contributed by atoms with Gasteiger partial charge in [-0.05, 0) is 106 Å². The molecular weight excluding hydrogens is 709 g/mol. The van der Waals surface area contributed by atoms with E-state index in [0.717, 1.165) is 83.4 Å². The van der Waals surface area contributed by atoms with E-state index >= 15 is 0 Å². The fourth-order valence-corrected chi connectivity index (χ4v) is 8.88. The Labute approximate surface area is 334 Å². The van der Waals surface area contributed by atoms with Gasteiger partial charge < -0.3 is 13.7 Å². The highest BCUT2D eigenvalue weighted by Crippen LogP contribution is 2.43. The first-order chi connectivity index (χ1) is 28.7. The number of nitrogens with zero attached hydrogens (tertiary/aromatic N) is 2. The van der Waals surface area contributed by atoms with E-state index in [1.807, 2.05) is 18.2 Å². The Hall–Kier alpha value is -7.82. The summed E-state index contributed by atoms with van der Waals surface area (Å²) in [5.74, 6) is 0. The fraction of sp³-hybridized carbons (Fsp3) is 0. The second-order valence-corrected chi connectivity index (χ2v) is 14.9. The average Bonchev–Trinajstić information content (AvgIpc) is 3.95. The number of hydrogen-bond donors (Lipinski definition) is 0. The number of para-hydroxylation sites is 3. The minimum Gasteiger partial charge on any atom is -0.456 e. The molecule has 0 spiro atoms. The van der Waals surface area contributed by atoms with Gasteiger partial charge >= 0.3 is 0 Å². The second-order valence-electron chi connectivity index (χ2n) is 14.9. The molecule has 0 bridgehead atoms. The molecule has 0 amide bonds. The molecule has 272 valence electrons. The normalized spacial score (nSPS) is 11.8.